The van der Waals surface area contributed by atoms with Gasteiger partial charge >= 0.3 is 0 Å². The first-order chi connectivity index (χ1) is 13.7. The van der Waals surface area contributed by atoms with Crippen LogP contribution in [0.5, 0.6) is 0 Å². The van der Waals surface area contributed by atoms with Crippen molar-refractivity contribution in [2.75, 3.05) is 6.61 Å². The molecule has 4 aliphatic rings. The summed E-state index contributed by atoms with van der Waals surface area (Å²) in [6.07, 6.45) is 7.67. The third kappa shape index (κ3) is 4.04. The number of hydrogen-bond donors (Lipinski definition) is 2. The lowest BCUT2D eigenvalue weighted by molar-refractivity contribution is -0.232. The van der Waals surface area contributed by atoms with E-state index in [1.807, 2.05) is 6.92 Å². The normalized spacial score (nSPS) is 48.3. The zero-order valence-electron chi connectivity index (χ0n) is 19.2. The van der Waals surface area contributed by atoms with Crippen LogP contribution in [0, 0.1) is 46.8 Å². The highest BCUT2D eigenvalue weighted by atomic mass is 16.6. The Morgan fingerprint density at radius 2 is 1.83 bits per heavy atom. The van der Waals surface area contributed by atoms with E-state index in [1.54, 1.807) is 6.92 Å². The van der Waals surface area contributed by atoms with Gasteiger partial charge in [-0.15, -0.1) is 0 Å². The number of aliphatic hydroxyl groups excluding tert-OH is 2. The Labute approximate surface area is 177 Å². The SMILES string of the molecule is CC(O)CCC1C(OC(C)O)C2C(CCC3C2CCCC3(C)C)C2OCC(C)C12. The third-order valence-electron chi connectivity index (χ3n) is 9.26. The highest BCUT2D eigenvalue weighted by Crippen LogP contribution is 2.61. The van der Waals surface area contributed by atoms with Crippen LogP contribution in [0.3, 0.4) is 0 Å². The van der Waals surface area contributed by atoms with E-state index in [0.717, 1.165) is 25.4 Å². The number of ether oxygens (including phenoxy) is 2. The summed E-state index contributed by atoms with van der Waals surface area (Å²) in [6, 6.07) is 0. The van der Waals surface area contributed by atoms with Crippen LogP contribution in [0.1, 0.15) is 79.6 Å². The molecule has 0 bridgehead atoms. The maximum absolute atomic E-state index is 10.3. The molecule has 4 rings (SSSR count). The van der Waals surface area contributed by atoms with Crippen LogP contribution in [-0.2, 0) is 9.47 Å². The van der Waals surface area contributed by atoms with E-state index in [9.17, 15) is 10.2 Å². The van der Waals surface area contributed by atoms with Crippen molar-refractivity contribution in [2.24, 2.45) is 46.8 Å². The fourth-order valence-corrected chi connectivity index (χ4v) is 8.17. The molecule has 3 saturated carbocycles. The van der Waals surface area contributed by atoms with Crippen LogP contribution >= 0.6 is 0 Å². The van der Waals surface area contributed by atoms with Crippen LogP contribution in [-0.4, -0.2) is 41.4 Å². The Morgan fingerprint density at radius 3 is 2.52 bits per heavy atom. The quantitative estimate of drug-likeness (QED) is 0.652. The minimum atomic E-state index is -0.735. The summed E-state index contributed by atoms with van der Waals surface area (Å²) in [5, 5.41) is 20.3. The first kappa shape index (κ1) is 22.0. The van der Waals surface area contributed by atoms with Crippen molar-refractivity contribution in [3.8, 4) is 0 Å². The Hall–Kier alpha value is -0.160. The molecule has 4 fully saturated rings. The molecule has 0 spiro atoms. The predicted octanol–water partition coefficient (Wildman–Crippen LogP) is 4.62. The summed E-state index contributed by atoms with van der Waals surface area (Å²) < 4.78 is 12.9. The van der Waals surface area contributed by atoms with Gasteiger partial charge in [0.1, 0.15) is 0 Å². The first-order valence-electron chi connectivity index (χ1n) is 12.3. The maximum Gasteiger partial charge on any atom is 0.152 e. The second-order valence-corrected chi connectivity index (χ2v) is 11.6. The maximum atomic E-state index is 10.3. The third-order valence-corrected chi connectivity index (χ3v) is 9.26. The van der Waals surface area contributed by atoms with Crippen molar-refractivity contribution >= 4 is 0 Å². The second-order valence-electron chi connectivity index (χ2n) is 11.6. The molecule has 2 N–H and O–H groups in total. The van der Waals surface area contributed by atoms with Crippen LogP contribution in [0.15, 0.2) is 0 Å². The van der Waals surface area contributed by atoms with Crippen molar-refractivity contribution in [3.63, 3.8) is 0 Å². The predicted molar refractivity (Wildman–Crippen MR) is 114 cm³/mol. The Balaban J connectivity index is 1.70. The van der Waals surface area contributed by atoms with E-state index in [4.69, 9.17) is 9.47 Å². The fourth-order valence-electron chi connectivity index (χ4n) is 8.17. The molecule has 0 radical (unpaired) electrons. The highest BCUT2D eigenvalue weighted by molar-refractivity contribution is 5.08. The lowest BCUT2D eigenvalue weighted by Gasteiger charge is -2.60. The van der Waals surface area contributed by atoms with Crippen molar-refractivity contribution in [3.05, 3.63) is 0 Å². The first-order valence-corrected chi connectivity index (χ1v) is 12.3. The van der Waals surface area contributed by atoms with Crippen LogP contribution < -0.4 is 0 Å². The van der Waals surface area contributed by atoms with E-state index in [-0.39, 0.29) is 12.2 Å². The summed E-state index contributed by atoms with van der Waals surface area (Å²) in [7, 11) is 0. The Bertz CT molecular complexity index is 559. The molecule has 11 unspecified atom stereocenters. The molecule has 1 saturated heterocycles. The highest BCUT2D eigenvalue weighted by Gasteiger charge is 2.60. The van der Waals surface area contributed by atoms with Gasteiger partial charge in [-0.1, -0.05) is 27.2 Å². The number of fused-ring (bicyclic) bond motifs is 5. The van der Waals surface area contributed by atoms with Crippen LogP contribution in [0.25, 0.3) is 0 Å². The van der Waals surface area contributed by atoms with Gasteiger partial charge in [-0.25, -0.2) is 0 Å². The molecule has 0 aromatic heterocycles. The van der Waals surface area contributed by atoms with Gasteiger partial charge in [-0.3, -0.25) is 0 Å². The minimum Gasteiger partial charge on any atom is -0.393 e. The van der Waals surface area contributed by atoms with Crippen molar-refractivity contribution < 1.29 is 19.7 Å². The molecule has 1 aliphatic heterocycles. The van der Waals surface area contributed by atoms with Gasteiger partial charge in [0.05, 0.1) is 18.3 Å². The van der Waals surface area contributed by atoms with Gasteiger partial charge in [0.25, 0.3) is 0 Å². The van der Waals surface area contributed by atoms with Gasteiger partial charge in [0, 0.05) is 6.61 Å². The fraction of sp³-hybridized carbons (Fsp3) is 1.00. The standard InChI is InChI=1S/C25H44O4/c1-14-13-28-23-19-10-11-20-17(7-6-12-25(20,4)5)22(19)24(29-16(3)27)18(21(14)23)9-8-15(2)26/h14-24,26-27H,6-13H2,1-5H3. The average molecular weight is 409 g/mol. The number of hydrogen-bond acceptors (Lipinski definition) is 4. The van der Waals surface area contributed by atoms with Gasteiger partial charge in [0.2, 0.25) is 0 Å². The minimum absolute atomic E-state index is 0.0887. The Kier molecular flexibility index (Phi) is 6.39. The number of aliphatic hydroxyl groups is 2. The molecule has 0 aromatic carbocycles. The molecule has 11 atom stereocenters. The van der Waals surface area contributed by atoms with Crippen molar-refractivity contribution in [2.45, 2.75) is 104 Å². The summed E-state index contributed by atoms with van der Waals surface area (Å²) >= 11 is 0. The lowest BCUT2D eigenvalue weighted by Crippen LogP contribution is -2.60. The van der Waals surface area contributed by atoms with Crippen molar-refractivity contribution in [1.29, 1.82) is 0 Å². The molecule has 29 heavy (non-hydrogen) atoms. The molecule has 0 amide bonds. The largest absolute Gasteiger partial charge is 0.393 e. The Morgan fingerprint density at radius 1 is 1.07 bits per heavy atom. The zero-order chi connectivity index (χ0) is 20.9. The molecule has 4 nitrogen and oxygen atoms in total. The van der Waals surface area contributed by atoms with Gasteiger partial charge in [-0.2, -0.15) is 0 Å². The van der Waals surface area contributed by atoms with E-state index in [2.05, 4.69) is 20.8 Å². The number of rotatable bonds is 5. The van der Waals surface area contributed by atoms with E-state index in [0.29, 0.717) is 47.0 Å². The second kappa shape index (κ2) is 8.41. The zero-order valence-corrected chi connectivity index (χ0v) is 19.2. The molecule has 3 aliphatic carbocycles. The topological polar surface area (TPSA) is 58.9 Å². The summed E-state index contributed by atoms with van der Waals surface area (Å²) in [4.78, 5) is 0. The van der Waals surface area contributed by atoms with E-state index < -0.39 is 6.29 Å². The molecule has 0 aromatic rings. The molecular weight excluding hydrogens is 364 g/mol. The van der Waals surface area contributed by atoms with Gasteiger partial charge < -0.3 is 19.7 Å². The summed E-state index contributed by atoms with van der Waals surface area (Å²) in [5.74, 6) is 3.86. The summed E-state index contributed by atoms with van der Waals surface area (Å²) in [6.45, 7) is 11.8. The monoisotopic (exact) mass is 408 g/mol. The molecule has 1 heterocycles. The van der Waals surface area contributed by atoms with Crippen LogP contribution in [0.2, 0.25) is 0 Å². The van der Waals surface area contributed by atoms with Crippen molar-refractivity contribution in [1.82, 2.24) is 0 Å². The molecular formula is C25H44O4. The van der Waals surface area contributed by atoms with E-state index >= 15 is 0 Å². The van der Waals surface area contributed by atoms with E-state index in [1.165, 1.54) is 32.1 Å². The van der Waals surface area contributed by atoms with Crippen LogP contribution in [0.4, 0.5) is 0 Å². The summed E-state index contributed by atoms with van der Waals surface area (Å²) in [5.41, 5.74) is 0.402. The average Bonchev–Trinajstić information content (AvgIpc) is 3.01. The van der Waals surface area contributed by atoms with Gasteiger partial charge in [-0.05, 0) is 99.2 Å². The van der Waals surface area contributed by atoms with Gasteiger partial charge in [0.15, 0.2) is 6.29 Å². The smallest absolute Gasteiger partial charge is 0.152 e. The lowest BCUT2D eigenvalue weighted by atomic mass is 9.47. The molecule has 4 heteroatoms. The molecule has 168 valence electrons.